The first-order valence-corrected chi connectivity index (χ1v) is 10.8. The maximum Gasteiger partial charge on any atom is 0.326 e. The number of carboxylic acid groups (broad SMARTS) is 2. The molecule has 3 atom stereocenters. The summed E-state index contributed by atoms with van der Waals surface area (Å²) in [5.41, 5.74) is 10.7. The lowest BCUT2D eigenvalue weighted by Gasteiger charge is -2.24. The molecule has 2 heterocycles. The Labute approximate surface area is 194 Å². The van der Waals surface area contributed by atoms with E-state index in [1.54, 1.807) is 0 Å². The van der Waals surface area contributed by atoms with Gasteiger partial charge in [0, 0.05) is 26.4 Å². The topological polar surface area (TPSA) is 239 Å². The van der Waals surface area contributed by atoms with E-state index < -0.39 is 42.0 Å². The van der Waals surface area contributed by atoms with E-state index in [0.29, 0.717) is 25.8 Å². The lowest BCUT2D eigenvalue weighted by Crippen LogP contribution is -2.47. The van der Waals surface area contributed by atoms with Crippen molar-refractivity contribution in [2.75, 3.05) is 13.1 Å². The van der Waals surface area contributed by atoms with Crippen molar-refractivity contribution in [2.45, 2.75) is 63.6 Å². The average Bonchev–Trinajstić information content (AvgIpc) is 3.42. The lowest BCUT2D eigenvalue weighted by molar-refractivity contribution is -0.141. The summed E-state index contributed by atoms with van der Waals surface area (Å²) in [5, 5.41) is 27.5. The maximum absolute atomic E-state index is 12.8. The van der Waals surface area contributed by atoms with Crippen LogP contribution in [-0.4, -0.2) is 74.2 Å². The molecular weight excluding hydrogens is 452 g/mol. The molecular formula is C19H30N8O7. The Balaban J connectivity index is 2.20. The third-order valence-electron chi connectivity index (χ3n) is 5.13. The molecule has 0 bridgehead atoms. The smallest absolute Gasteiger partial charge is 0.326 e. The first-order valence-electron chi connectivity index (χ1n) is 10.8. The van der Waals surface area contributed by atoms with E-state index in [9.17, 15) is 24.3 Å². The van der Waals surface area contributed by atoms with Crippen molar-refractivity contribution in [1.29, 1.82) is 0 Å². The summed E-state index contributed by atoms with van der Waals surface area (Å²) >= 11 is 0. The van der Waals surface area contributed by atoms with Crippen molar-refractivity contribution in [3.63, 3.8) is 0 Å². The Bertz CT molecular complexity index is 914. The van der Waals surface area contributed by atoms with Crippen molar-refractivity contribution < 1.29 is 33.9 Å². The van der Waals surface area contributed by atoms with E-state index in [2.05, 4.69) is 25.8 Å². The average molecular weight is 482 g/mol. The number of hydrogen-bond acceptors (Lipinski definition) is 8. The van der Waals surface area contributed by atoms with E-state index >= 15 is 0 Å². The number of aliphatic imine (C=N–C) groups is 1. The molecule has 15 heteroatoms. The summed E-state index contributed by atoms with van der Waals surface area (Å²) < 4.78 is 5.32. The van der Waals surface area contributed by atoms with E-state index in [1.165, 1.54) is 11.8 Å². The fourth-order valence-electron chi connectivity index (χ4n) is 3.57. The monoisotopic (exact) mass is 482 g/mol. The number of urea groups is 1. The van der Waals surface area contributed by atoms with Gasteiger partial charge in [0.25, 0.3) is 0 Å². The first-order chi connectivity index (χ1) is 16.1. The molecule has 0 saturated carbocycles. The Morgan fingerprint density at radius 1 is 1.21 bits per heavy atom. The molecule has 15 nitrogen and oxygen atoms in total. The largest absolute Gasteiger partial charge is 0.481 e. The minimum atomic E-state index is -1.09. The van der Waals surface area contributed by atoms with E-state index in [-0.39, 0.29) is 43.5 Å². The Hall–Kier alpha value is -3.91. The highest BCUT2D eigenvalue weighted by atomic mass is 16.5. The molecule has 0 radical (unpaired) electrons. The number of aromatic nitrogens is 2. The highest BCUT2D eigenvalue weighted by Crippen LogP contribution is 2.23. The van der Waals surface area contributed by atoms with Gasteiger partial charge in [-0.2, -0.15) is 4.98 Å². The van der Waals surface area contributed by atoms with Crippen LogP contribution in [0.2, 0.25) is 0 Å². The minimum Gasteiger partial charge on any atom is -0.481 e. The van der Waals surface area contributed by atoms with Gasteiger partial charge in [-0.25, -0.2) is 9.59 Å². The van der Waals surface area contributed by atoms with Gasteiger partial charge in [0.2, 0.25) is 11.8 Å². The second-order valence-corrected chi connectivity index (χ2v) is 7.82. The third-order valence-corrected chi connectivity index (χ3v) is 5.13. The Kier molecular flexibility index (Phi) is 9.58. The standard InChI is InChI=1S/C19H30N8O7/c1-10(28)23-11(6-7-14(29)30)15-25-16(34-26-15)12(4-2-8-22-18(20)21)24-19(33)27-9-3-5-13(27)17(31)32/h11-13H,2-9H2,1H3,(H,23,28)(H,24,33)(H,29,30)(H,31,32)(H4,20,21,22)/t11-,12?,13?/m0/s1. The molecule has 8 N–H and O–H groups in total. The van der Waals surface area contributed by atoms with Crippen molar-refractivity contribution in [2.24, 2.45) is 16.5 Å². The van der Waals surface area contributed by atoms with Crippen molar-refractivity contribution in [1.82, 2.24) is 25.7 Å². The highest BCUT2D eigenvalue weighted by Gasteiger charge is 2.35. The Morgan fingerprint density at radius 3 is 2.56 bits per heavy atom. The molecule has 1 fully saturated rings. The van der Waals surface area contributed by atoms with Crippen LogP contribution < -0.4 is 22.1 Å². The second kappa shape index (κ2) is 12.4. The second-order valence-electron chi connectivity index (χ2n) is 7.82. The fourth-order valence-corrected chi connectivity index (χ4v) is 3.57. The van der Waals surface area contributed by atoms with Gasteiger partial charge in [-0.3, -0.25) is 14.6 Å². The molecule has 3 amide bonds. The molecule has 188 valence electrons. The van der Waals surface area contributed by atoms with Crippen molar-refractivity contribution >= 4 is 29.8 Å². The lowest BCUT2D eigenvalue weighted by atomic mass is 10.1. The molecule has 1 aliphatic heterocycles. The molecule has 1 saturated heterocycles. The molecule has 0 aromatic carbocycles. The van der Waals surface area contributed by atoms with Gasteiger partial charge in [-0.05, 0) is 32.1 Å². The SMILES string of the molecule is CC(=O)N[C@@H](CCC(=O)O)c1noc(C(CCCN=C(N)N)NC(=O)N2CCCC2C(=O)O)n1. The quantitative estimate of drug-likeness (QED) is 0.126. The summed E-state index contributed by atoms with van der Waals surface area (Å²) in [4.78, 5) is 56.1. The highest BCUT2D eigenvalue weighted by molar-refractivity contribution is 5.83. The molecule has 1 aromatic rings. The molecule has 0 spiro atoms. The molecule has 0 aliphatic carbocycles. The number of likely N-dealkylation sites (tertiary alicyclic amines) is 1. The van der Waals surface area contributed by atoms with Gasteiger partial charge >= 0.3 is 18.0 Å². The summed E-state index contributed by atoms with van der Waals surface area (Å²) in [5.74, 6) is -2.56. The van der Waals surface area contributed by atoms with Crippen LogP contribution in [0.3, 0.4) is 0 Å². The normalized spacial score (nSPS) is 17.0. The van der Waals surface area contributed by atoms with Crippen LogP contribution in [0.5, 0.6) is 0 Å². The summed E-state index contributed by atoms with van der Waals surface area (Å²) in [7, 11) is 0. The molecule has 34 heavy (non-hydrogen) atoms. The number of guanidine groups is 1. The van der Waals surface area contributed by atoms with Crippen LogP contribution >= 0.6 is 0 Å². The van der Waals surface area contributed by atoms with E-state index in [0.717, 1.165) is 0 Å². The number of nitrogens with two attached hydrogens (primary N) is 2. The van der Waals surface area contributed by atoms with Crippen molar-refractivity contribution in [3.8, 4) is 0 Å². The van der Waals surface area contributed by atoms with Gasteiger partial charge < -0.3 is 41.7 Å². The van der Waals surface area contributed by atoms with Gasteiger partial charge in [0.1, 0.15) is 12.1 Å². The molecule has 2 unspecified atom stereocenters. The van der Waals surface area contributed by atoms with Crippen molar-refractivity contribution in [3.05, 3.63) is 11.7 Å². The number of hydrogen-bond donors (Lipinski definition) is 6. The number of carboxylic acids is 2. The predicted octanol–water partition coefficient (Wildman–Crippen LogP) is -0.535. The van der Waals surface area contributed by atoms with Gasteiger partial charge in [0.15, 0.2) is 11.8 Å². The third kappa shape index (κ3) is 7.90. The Morgan fingerprint density at radius 2 is 1.94 bits per heavy atom. The molecule has 1 aromatic heterocycles. The number of nitrogens with zero attached hydrogens (tertiary/aromatic N) is 4. The van der Waals surface area contributed by atoms with Crippen LogP contribution in [0.1, 0.15) is 69.2 Å². The number of carbonyl (C=O) groups excluding carboxylic acids is 2. The van der Waals surface area contributed by atoms with Gasteiger partial charge in [-0.1, -0.05) is 5.16 Å². The van der Waals surface area contributed by atoms with Gasteiger partial charge in [0.05, 0.1) is 6.04 Å². The number of rotatable bonds is 12. The maximum atomic E-state index is 12.8. The van der Waals surface area contributed by atoms with Crippen LogP contribution in [-0.2, 0) is 14.4 Å². The van der Waals surface area contributed by atoms with Crippen LogP contribution in [0.25, 0.3) is 0 Å². The van der Waals surface area contributed by atoms with Gasteiger partial charge in [-0.15, -0.1) is 0 Å². The summed E-state index contributed by atoms with van der Waals surface area (Å²) in [6.45, 7) is 1.83. The number of amides is 3. The van der Waals surface area contributed by atoms with Crippen LogP contribution in [0.4, 0.5) is 4.79 Å². The molecule has 1 aliphatic rings. The van der Waals surface area contributed by atoms with Crippen LogP contribution in [0, 0.1) is 0 Å². The summed E-state index contributed by atoms with van der Waals surface area (Å²) in [6, 6.07) is -3.13. The zero-order valence-corrected chi connectivity index (χ0v) is 18.8. The zero-order valence-electron chi connectivity index (χ0n) is 18.8. The number of aliphatic carboxylic acids is 2. The first kappa shape index (κ1) is 26.3. The minimum absolute atomic E-state index is 0.0183. The van der Waals surface area contributed by atoms with E-state index in [1.807, 2.05) is 0 Å². The van der Waals surface area contributed by atoms with Crippen LogP contribution in [0.15, 0.2) is 9.52 Å². The number of nitrogens with one attached hydrogen (secondary N) is 2. The zero-order chi connectivity index (χ0) is 25.3. The molecule has 2 rings (SSSR count). The fraction of sp³-hybridized carbons (Fsp3) is 0.632. The summed E-state index contributed by atoms with van der Waals surface area (Å²) in [6.07, 6.45) is 1.42. The van der Waals surface area contributed by atoms with E-state index in [4.69, 9.17) is 21.1 Å². The predicted molar refractivity (Wildman–Crippen MR) is 116 cm³/mol. The number of carbonyl (C=O) groups is 4.